The Balaban J connectivity index is 1.60. The van der Waals surface area contributed by atoms with Crippen LogP contribution < -0.4 is 0 Å². The van der Waals surface area contributed by atoms with Gasteiger partial charge in [0.1, 0.15) is 5.82 Å². The first-order valence-electron chi connectivity index (χ1n) is 11.7. The number of carboxylic acids is 1. The molecule has 6 heteroatoms. The molecule has 0 radical (unpaired) electrons. The zero-order valence-electron chi connectivity index (χ0n) is 19.5. The number of Topliss-reactive ketones (excluding diaryl/α,β-unsaturated/α-hetero) is 1. The van der Waals surface area contributed by atoms with Crippen LogP contribution in [-0.4, -0.2) is 31.6 Å². The fourth-order valence-electron chi connectivity index (χ4n) is 4.55. The number of hydrogen-bond acceptors (Lipinski definition) is 4. The predicted molar refractivity (Wildman–Crippen MR) is 128 cm³/mol. The SMILES string of the molecule is CC(C)(C)n1nc(C(=O)C2CCCCC2)nc1Cc1ccc(-c2ccccc2C(=O)O)cc1. The van der Waals surface area contributed by atoms with Crippen LogP contribution in [0.1, 0.15) is 85.2 Å². The highest BCUT2D eigenvalue weighted by molar-refractivity contribution is 5.96. The molecular weight excluding hydrogens is 414 g/mol. The van der Waals surface area contributed by atoms with Gasteiger partial charge in [-0.05, 0) is 56.4 Å². The van der Waals surface area contributed by atoms with Crippen molar-refractivity contribution < 1.29 is 14.7 Å². The minimum atomic E-state index is -0.942. The molecule has 4 rings (SSSR count). The highest BCUT2D eigenvalue weighted by atomic mass is 16.4. The van der Waals surface area contributed by atoms with Gasteiger partial charge >= 0.3 is 5.97 Å². The van der Waals surface area contributed by atoms with E-state index < -0.39 is 5.97 Å². The van der Waals surface area contributed by atoms with Gasteiger partial charge in [0.25, 0.3) is 0 Å². The van der Waals surface area contributed by atoms with Crippen LogP contribution >= 0.6 is 0 Å². The van der Waals surface area contributed by atoms with Gasteiger partial charge in [-0.3, -0.25) is 4.79 Å². The van der Waals surface area contributed by atoms with Crippen molar-refractivity contribution in [3.05, 3.63) is 71.3 Å². The van der Waals surface area contributed by atoms with Crippen LogP contribution in [0.3, 0.4) is 0 Å². The molecule has 1 N–H and O–H groups in total. The number of hydrogen-bond donors (Lipinski definition) is 1. The summed E-state index contributed by atoms with van der Waals surface area (Å²) >= 11 is 0. The molecule has 1 fully saturated rings. The van der Waals surface area contributed by atoms with E-state index in [4.69, 9.17) is 0 Å². The zero-order chi connectivity index (χ0) is 23.6. The van der Waals surface area contributed by atoms with Crippen molar-refractivity contribution in [2.75, 3.05) is 0 Å². The van der Waals surface area contributed by atoms with E-state index in [0.717, 1.165) is 42.6 Å². The van der Waals surface area contributed by atoms with Crippen molar-refractivity contribution in [1.82, 2.24) is 14.8 Å². The Labute approximate surface area is 194 Å². The maximum Gasteiger partial charge on any atom is 0.336 e. The first kappa shape index (κ1) is 22.9. The van der Waals surface area contributed by atoms with Crippen molar-refractivity contribution in [2.45, 2.75) is 64.8 Å². The number of ketones is 1. The maximum atomic E-state index is 13.0. The third-order valence-corrected chi connectivity index (χ3v) is 6.29. The van der Waals surface area contributed by atoms with E-state index in [1.807, 2.05) is 41.1 Å². The van der Waals surface area contributed by atoms with Crippen LogP contribution in [0.25, 0.3) is 11.1 Å². The average Bonchev–Trinajstić information content (AvgIpc) is 3.24. The third-order valence-electron chi connectivity index (χ3n) is 6.29. The van der Waals surface area contributed by atoms with Crippen LogP contribution in [0, 0.1) is 5.92 Å². The molecule has 1 aliphatic carbocycles. The Morgan fingerprint density at radius 2 is 1.67 bits per heavy atom. The molecule has 1 aromatic heterocycles. The third kappa shape index (κ3) is 5.05. The molecule has 0 amide bonds. The number of carbonyl (C=O) groups is 2. The van der Waals surface area contributed by atoms with Gasteiger partial charge in [-0.15, -0.1) is 5.10 Å². The van der Waals surface area contributed by atoms with Gasteiger partial charge in [-0.1, -0.05) is 61.7 Å². The zero-order valence-corrected chi connectivity index (χ0v) is 19.5. The lowest BCUT2D eigenvalue weighted by molar-refractivity contribution is 0.0697. The molecule has 1 heterocycles. The Bertz CT molecular complexity index is 1150. The van der Waals surface area contributed by atoms with Gasteiger partial charge in [0.05, 0.1) is 11.1 Å². The summed E-state index contributed by atoms with van der Waals surface area (Å²) < 4.78 is 1.87. The predicted octanol–water partition coefficient (Wildman–Crippen LogP) is 5.75. The Hall–Kier alpha value is -3.28. The van der Waals surface area contributed by atoms with E-state index >= 15 is 0 Å². The Kier molecular flexibility index (Phi) is 6.45. The van der Waals surface area contributed by atoms with E-state index in [0.29, 0.717) is 17.8 Å². The summed E-state index contributed by atoms with van der Waals surface area (Å²) in [4.78, 5) is 29.3. The number of carboxylic acid groups (broad SMARTS) is 1. The fourth-order valence-corrected chi connectivity index (χ4v) is 4.55. The lowest BCUT2D eigenvalue weighted by atomic mass is 9.86. The summed E-state index contributed by atoms with van der Waals surface area (Å²) in [5.74, 6) is 0.262. The highest BCUT2D eigenvalue weighted by Crippen LogP contribution is 2.28. The topological polar surface area (TPSA) is 85.1 Å². The highest BCUT2D eigenvalue weighted by Gasteiger charge is 2.29. The van der Waals surface area contributed by atoms with E-state index in [1.54, 1.807) is 12.1 Å². The van der Waals surface area contributed by atoms with Crippen molar-refractivity contribution in [3.8, 4) is 11.1 Å². The van der Waals surface area contributed by atoms with Crippen molar-refractivity contribution in [2.24, 2.45) is 5.92 Å². The minimum absolute atomic E-state index is 0.0380. The average molecular weight is 446 g/mol. The lowest BCUT2D eigenvalue weighted by Gasteiger charge is -2.21. The van der Waals surface area contributed by atoms with Crippen molar-refractivity contribution in [3.63, 3.8) is 0 Å². The largest absolute Gasteiger partial charge is 0.478 e. The molecule has 1 saturated carbocycles. The van der Waals surface area contributed by atoms with E-state index in [9.17, 15) is 14.7 Å². The number of carbonyl (C=O) groups excluding carboxylic acids is 1. The van der Waals surface area contributed by atoms with Gasteiger partial charge in [-0.2, -0.15) is 0 Å². The van der Waals surface area contributed by atoms with Gasteiger partial charge in [0, 0.05) is 12.3 Å². The number of aromatic nitrogens is 3. The summed E-state index contributed by atoms with van der Waals surface area (Å²) in [6.07, 6.45) is 5.80. The molecular formula is C27H31N3O3. The second kappa shape index (κ2) is 9.30. The molecule has 0 bridgehead atoms. The maximum absolute atomic E-state index is 13.0. The fraction of sp³-hybridized carbons (Fsp3) is 0.407. The second-order valence-electron chi connectivity index (χ2n) is 9.86. The van der Waals surface area contributed by atoms with Gasteiger partial charge < -0.3 is 5.11 Å². The molecule has 0 aliphatic heterocycles. The summed E-state index contributed by atoms with van der Waals surface area (Å²) in [5, 5.41) is 14.1. The number of rotatable bonds is 6. The molecule has 0 atom stereocenters. The molecule has 6 nitrogen and oxygen atoms in total. The quantitative estimate of drug-likeness (QED) is 0.488. The first-order valence-corrected chi connectivity index (χ1v) is 11.7. The smallest absolute Gasteiger partial charge is 0.336 e. The normalized spacial score (nSPS) is 14.9. The van der Waals surface area contributed by atoms with Crippen molar-refractivity contribution in [1.29, 1.82) is 0 Å². The van der Waals surface area contributed by atoms with E-state index in [-0.39, 0.29) is 22.8 Å². The van der Waals surface area contributed by atoms with Crippen molar-refractivity contribution >= 4 is 11.8 Å². The monoisotopic (exact) mass is 445 g/mol. The molecule has 3 aromatic rings. The Morgan fingerprint density at radius 1 is 1.00 bits per heavy atom. The molecule has 0 spiro atoms. The van der Waals surface area contributed by atoms with Gasteiger partial charge in [0.15, 0.2) is 0 Å². The molecule has 172 valence electrons. The van der Waals surface area contributed by atoms with Crippen LogP contribution in [0.2, 0.25) is 0 Å². The van der Waals surface area contributed by atoms with Crippen LogP contribution in [0.4, 0.5) is 0 Å². The molecule has 0 saturated heterocycles. The van der Waals surface area contributed by atoms with Crippen LogP contribution in [-0.2, 0) is 12.0 Å². The molecule has 1 aliphatic rings. The molecule has 33 heavy (non-hydrogen) atoms. The van der Waals surface area contributed by atoms with Crippen LogP contribution in [0.15, 0.2) is 48.5 Å². The van der Waals surface area contributed by atoms with Gasteiger partial charge in [0.2, 0.25) is 11.6 Å². The van der Waals surface area contributed by atoms with Gasteiger partial charge in [-0.25, -0.2) is 14.5 Å². The molecule has 2 aromatic carbocycles. The lowest BCUT2D eigenvalue weighted by Crippen LogP contribution is -2.26. The van der Waals surface area contributed by atoms with Crippen LogP contribution in [0.5, 0.6) is 0 Å². The number of nitrogens with zero attached hydrogens (tertiary/aromatic N) is 3. The summed E-state index contributed by atoms with van der Waals surface area (Å²) in [6.45, 7) is 6.18. The first-order chi connectivity index (χ1) is 15.7. The Morgan fingerprint density at radius 3 is 2.30 bits per heavy atom. The second-order valence-corrected chi connectivity index (χ2v) is 9.86. The molecule has 0 unspecified atom stereocenters. The van der Waals surface area contributed by atoms with E-state index in [1.165, 1.54) is 6.42 Å². The summed E-state index contributed by atoms with van der Waals surface area (Å²) in [6, 6.07) is 14.8. The summed E-state index contributed by atoms with van der Waals surface area (Å²) in [7, 11) is 0. The van der Waals surface area contributed by atoms with E-state index in [2.05, 4.69) is 30.9 Å². The summed E-state index contributed by atoms with van der Waals surface area (Å²) in [5.41, 5.74) is 2.55. The minimum Gasteiger partial charge on any atom is -0.478 e. The number of benzene rings is 2. The standard InChI is InChI=1S/C27H31N3O3/c1-27(2,3)30-23(28-25(29-30)24(31)20-9-5-4-6-10-20)17-18-13-15-19(16-14-18)21-11-7-8-12-22(21)26(32)33/h7-8,11-16,20H,4-6,9-10,17H2,1-3H3,(H,32,33). The number of aromatic carboxylic acids is 1.